The molecular formula is C7H7NO6. The molecule has 0 spiro atoms. The van der Waals surface area contributed by atoms with E-state index < -0.39 is 12.3 Å². The highest BCUT2D eigenvalue weighted by Gasteiger charge is 2.17. The van der Waals surface area contributed by atoms with Crippen LogP contribution < -0.4 is 5.32 Å². The van der Waals surface area contributed by atoms with Crippen LogP contribution in [0.3, 0.4) is 0 Å². The highest BCUT2D eigenvalue weighted by Crippen LogP contribution is 2.14. The van der Waals surface area contributed by atoms with E-state index >= 15 is 0 Å². The standard InChI is InChI=1S/C7H7NO6/c9-6(10)13-4-2-1-3-8-5(4)14-7(11)12/h1,3,8H,2H2,(H,9,10)(H,11,12). The summed E-state index contributed by atoms with van der Waals surface area (Å²) in [5.41, 5.74) is 0. The molecule has 1 heterocycles. The summed E-state index contributed by atoms with van der Waals surface area (Å²) in [6.07, 6.45) is 0.0693. The third-order valence-electron chi connectivity index (χ3n) is 1.29. The van der Waals surface area contributed by atoms with Crippen LogP contribution in [-0.4, -0.2) is 22.5 Å². The fraction of sp³-hybridized carbons (Fsp3) is 0.143. The Bertz CT molecular complexity index is 288. The quantitative estimate of drug-likeness (QED) is 0.573. The molecule has 0 saturated carbocycles. The minimum absolute atomic E-state index is 0.0950. The number of rotatable bonds is 2. The second-order valence-corrected chi connectivity index (χ2v) is 2.24. The summed E-state index contributed by atoms with van der Waals surface area (Å²) in [5.74, 6) is -0.329. The van der Waals surface area contributed by atoms with Gasteiger partial charge in [0.05, 0.1) is 0 Å². The van der Waals surface area contributed by atoms with Gasteiger partial charge in [-0.3, -0.25) is 0 Å². The van der Waals surface area contributed by atoms with Crippen molar-refractivity contribution in [2.75, 3.05) is 0 Å². The van der Waals surface area contributed by atoms with Gasteiger partial charge in [-0.15, -0.1) is 0 Å². The number of hydrogen-bond donors (Lipinski definition) is 3. The number of allylic oxidation sites excluding steroid dienone is 1. The van der Waals surface area contributed by atoms with Crippen molar-refractivity contribution in [1.29, 1.82) is 0 Å². The first-order valence-electron chi connectivity index (χ1n) is 3.56. The molecule has 0 aromatic heterocycles. The van der Waals surface area contributed by atoms with Gasteiger partial charge in [-0.05, 0) is 0 Å². The maximum atomic E-state index is 10.2. The smallest absolute Gasteiger partial charge is 0.449 e. The number of carbonyl (C=O) groups is 2. The van der Waals surface area contributed by atoms with Crippen molar-refractivity contribution >= 4 is 12.3 Å². The molecule has 1 rings (SSSR count). The molecule has 0 aromatic rings. The van der Waals surface area contributed by atoms with Gasteiger partial charge in [0.1, 0.15) is 0 Å². The summed E-state index contributed by atoms with van der Waals surface area (Å²) in [6.45, 7) is 0. The molecule has 0 fully saturated rings. The van der Waals surface area contributed by atoms with Crippen LogP contribution >= 0.6 is 0 Å². The fourth-order valence-corrected chi connectivity index (χ4v) is 0.841. The van der Waals surface area contributed by atoms with Gasteiger partial charge in [0.15, 0.2) is 5.76 Å². The molecule has 0 aliphatic carbocycles. The van der Waals surface area contributed by atoms with E-state index in [1.807, 2.05) is 0 Å². The molecule has 0 unspecified atom stereocenters. The Balaban J connectivity index is 2.75. The van der Waals surface area contributed by atoms with Crippen molar-refractivity contribution in [3.05, 3.63) is 23.9 Å². The van der Waals surface area contributed by atoms with Crippen molar-refractivity contribution in [2.24, 2.45) is 0 Å². The van der Waals surface area contributed by atoms with E-state index in [0.717, 1.165) is 0 Å². The van der Waals surface area contributed by atoms with Crippen LogP contribution in [0.2, 0.25) is 0 Å². The van der Waals surface area contributed by atoms with Gasteiger partial charge in [-0.25, -0.2) is 9.59 Å². The van der Waals surface area contributed by atoms with Crippen molar-refractivity contribution in [2.45, 2.75) is 6.42 Å². The summed E-state index contributed by atoms with van der Waals surface area (Å²) in [4.78, 5) is 20.4. The SMILES string of the molecule is O=C(O)OC1=C(OC(=O)O)NC=CC1. The first-order chi connectivity index (χ1) is 6.59. The van der Waals surface area contributed by atoms with Crippen LogP contribution in [0.15, 0.2) is 23.9 Å². The Labute approximate surface area is 78.2 Å². The average molecular weight is 201 g/mol. The molecule has 7 heteroatoms. The van der Waals surface area contributed by atoms with Gasteiger partial charge in [0.25, 0.3) is 0 Å². The zero-order chi connectivity index (χ0) is 10.6. The summed E-state index contributed by atoms with van der Waals surface area (Å²) in [6, 6.07) is 0. The molecule has 0 amide bonds. The first-order valence-corrected chi connectivity index (χ1v) is 3.56. The maximum Gasteiger partial charge on any atom is 0.512 e. The fourth-order valence-electron chi connectivity index (χ4n) is 0.841. The Morgan fingerprint density at radius 2 is 1.93 bits per heavy atom. The first kappa shape index (κ1) is 9.90. The van der Waals surface area contributed by atoms with Crippen molar-refractivity contribution in [1.82, 2.24) is 5.32 Å². The molecule has 3 N–H and O–H groups in total. The zero-order valence-corrected chi connectivity index (χ0v) is 6.89. The van der Waals surface area contributed by atoms with Gasteiger partial charge >= 0.3 is 12.3 Å². The number of hydrogen-bond acceptors (Lipinski definition) is 5. The number of ether oxygens (including phenoxy) is 2. The Hall–Kier alpha value is -2.18. The largest absolute Gasteiger partial charge is 0.512 e. The van der Waals surface area contributed by atoms with E-state index in [0.29, 0.717) is 0 Å². The minimum atomic E-state index is -1.55. The number of carboxylic acid groups (broad SMARTS) is 2. The Morgan fingerprint density at radius 3 is 2.50 bits per heavy atom. The molecule has 0 aromatic carbocycles. The molecule has 7 nitrogen and oxygen atoms in total. The number of nitrogens with one attached hydrogen (secondary N) is 1. The predicted octanol–water partition coefficient (Wildman–Crippen LogP) is 1.05. The lowest BCUT2D eigenvalue weighted by Crippen LogP contribution is -2.19. The normalized spacial score (nSPS) is 14.6. The Morgan fingerprint density at radius 1 is 1.29 bits per heavy atom. The van der Waals surface area contributed by atoms with E-state index in [-0.39, 0.29) is 18.1 Å². The van der Waals surface area contributed by atoms with Gasteiger partial charge in [-0.1, -0.05) is 6.08 Å². The van der Waals surface area contributed by atoms with Crippen LogP contribution in [0.25, 0.3) is 0 Å². The van der Waals surface area contributed by atoms with Gasteiger partial charge in [-0.2, -0.15) is 0 Å². The molecule has 76 valence electrons. The van der Waals surface area contributed by atoms with E-state index in [2.05, 4.69) is 14.8 Å². The molecule has 0 saturated heterocycles. The van der Waals surface area contributed by atoms with E-state index in [9.17, 15) is 9.59 Å². The van der Waals surface area contributed by atoms with Crippen LogP contribution in [0.4, 0.5) is 9.59 Å². The summed E-state index contributed by atoms with van der Waals surface area (Å²) >= 11 is 0. The van der Waals surface area contributed by atoms with Crippen molar-refractivity contribution in [3.8, 4) is 0 Å². The van der Waals surface area contributed by atoms with Gasteiger partial charge < -0.3 is 25.0 Å². The van der Waals surface area contributed by atoms with Crippen LogP contribution in [0, 0.1) is 0 Å². The number of dihydropyridines is 1. The molecule has 1 aliphatic heterocycles. The average Bonchev–Trinajstić information content (AvgIpc) is 2.06. The third-order valence-corrected chi connectivity index (χ3v) is 1.29. The van der Waals surface area contributed by atoms with Crippen LogP contribution in [0.5, 0.6) is 0 Å². The zero-order valence-electron chi connectivity index (χ0n) is 6.89. The highest BCUT2D eigenvalue weighted by molar-refractivity contribution is 5.60. The molecule has 0 bridgehead atoms. The maximum absolute atomic E-state index is 10.2. The summed E-state index contributed by atoms with van der Waals surface area (Å²) in [7, 11) is 0. The van der Waals surface area contributed by atoms with Crippen molar-refractivity contribution in [3.63, 3.8) is 0 Å². The molecule has 0 radical (unpaired) electrons. The molecule has 0 atom stereocenters. The molecular weight excluding hydrogens is 194 g/mol. The van der Waals surface area contributed by atoms with E-state index in [1.54, 1.807) is 6.08 Å². The summed E-state index contributed by atoms with van der Waals surface area (Å²) in [5, 5.41) is 19.0. The monoisotopic (exact) mass is 201 g/mol. The van der Waals surface area contributed by atoms with Gasteiger partial charge in [0.2, 0.25) is 5.88 Å². The molecule has 1 aliphatic rings. The lowest BCUT2D eigenvalue weighted by atomic mass is 10.3. The Kier molecular flexibility index (Phi) is 2.95. The topological polar surface area (TPSA) is 105 Å². The lowest BCUT2D eigenvalue weighted by Gasteiger charge is -2.13. The molecule has 14 heavy (non-hydrogen) atoms. The second-order valence-electron chi connectivity index (χ2n) is 2.24. The van der Waals surface area contributed by atoms with E-state index in [4.69, 9.17) is 10.2 Å². The summed E-state index contributed by atoms with van der Waals surface area (Å²) < 4.78 is 8.55. The predicted molar refractivity (Wildman–Crippen MR) is 42.1 cm³/mol. The van der Waals surface area contributed by atoms with Crippen LogP contribution in [-0.2, 0) is 9.47 Å². The highest BCUT2D eigenvalue weighted by atomic mass is 16.7. The second kappa shape index (κ2) is 4.17. The van der Waals surface area contributed by atoms with Gasteiger partial charge in [0, 0.05) is 12.6 Å². The third kappa shape index (κ3) is 2.70. The lowest BCUT2D eigenvalue weighted by molar-refractivity contribution is 0.0915. The van der Waals surface area contributed by atoms with E-state index in [1.165, 1.54) is 6.20 Å². The van der Waals surface area contributed by atoms with Crippen LogP contribution in [0.1, 0.15) is 6.42 Å². The minimum Gasteiger partial charge on any atom is -0.449 e. The van der Waals surface area contributed by atoms with Crippen molar-refractivity contribution < 1.29 is 29.3 Å².